The van der Waals surface area contributed by atoms with Crippen LogP contribution in [0.1, 0.15) is 70.4 Å². The molecule has 13 heterocycles. The molecule has 2 aromatic carbocycles. The van der Waals surface area contributed by atoms with Crippen molar-refractivity contribution in [2.75, 3.05) is 84.6 Å². The molecule has 32 heteroatoms. The number of ether oxygens (including phenoxy) is 7. The molecule has 29 nitrogen and oxygen atoms in total. The lowest BCUT2D eigenvalue weighted by atomic mass is 10.0. The average molecular weight is 1280 g/mol. The van der Waals surface area contributed by atoms with Crippen molar-refractivity contribution in [1.29, 1.82) is 0 Å². The van der Waals surface area contributed by atoms with E-state index in [1.807, 2.05) is 59.6 Å². The van der Waals surface area contributed by atoms with Crippen molar-refractivity contribution in [3.05, 3.63) is 150 Å². The van der Waals surface area contributed by atoms with Gasteiger partial charge in [-0.05, 0) is 110 Å². The first-order chi connectivity index (χ1) is 44.3. The highest BCUT2D eigenvalue weighted by molar-refractivity contribution is 7.10. The Labute approximate surface area is 528 Å². The standard InChI is InChI=1S/C22H23N7O3S.C19H20N6O4S.C17H21N7O2S/c1-2-17-18(32-14-31-17)11-15(1)12-23-4-8-28-7-3-16(20-25-6-10-30-20)19(28)21-26-22(27-33-21)29-9-5-24-13-29;26-19-25(18-22-17(23-30-18)24-6-5-21-12-24)14(11-29-19)3-4-20-10-13-1-2-15-16(9-13)28-8-7-27-15;1-12(16-21-17(22-27-16)24-6-3-18-10-24)19-4-5-23(2)9-13-7-14-15(20-8-13)26-11-25-14/h1-2,5-6,9-11,13,16,19,23H,3-4,7-8,12,14H2;1-2,5-6,9,12,14,20H,3-4,7-8,10-11H2;3,6-8,10,12,19H,4-5,9,11H2,1-2H3. The fraction of sp³-hybridized carbons (Fsp3) is 0.379. The molecule has 4 atom stereocenters. The van der Waals surface area contributed by atoms with Gasteiger partial charge in [-0.1, -0.05) is 12.1 Å². The Kier molecular flexibility index (Phi) is 19.1. The van der Waals surface area contributed by atoms with E-state index in [1.54, 1.807) is 70.3 Å². The third-order valence-corrected chi connectivity index (χ3v) is 17.5. The van der Waals surface area contributed by atoms with E-state index in [0.717, 1.165) is 121 Å². The maximum atomic E-state index is 12.2. The van der Waals surface area contributed by atoms with Crippen LogP contribution in [-0.4, -0.2) is 168 Å². The van der Waals surface area contributed by atoms with Crippen LogP contribution in [-0.2, 0) is 24.4 Å². The number of nitrogens with one attached hydrogen (secondary N) is 3. The number of anilines is 1. The van der Waals surface area contributed by atoms with Crippen LogP contribution in [0.2, 0.25) is 0 Å². The number of hydrogen-bond donors (Lipinski definition) is 3. The predicted molar refractivity (Wildman–Crippen MR) is 328 cm³/mol. The number of oxazole rings is 1. The van der Waals surface area contributed by atoms with Gasteiger partial charge in [0.1, 0.15) is 55.1 Å². The van der Waals surface area contributed by atoms with E-state index in [0.29, 0.717) is 62.0 Å². The number of cyclic esters (lactones) is 1. The molecule has 1 amide bonds. The van der Waals surface area contributed by atoms with Gasteiger partial charge in [0.25, 0.3) is 5.88 Å². The number of imidazole rings is 3. The van der Waals surface area contributed by atoms with Gasteiger partial charge >= 0.3 is 6.09 Å². The van der Waals surface area contributed by atoms with E-state index < -0.39 is 0 Å². The molecule has 8 aromatic heterocycles. The first kappa shape index (κ1) is 59.9. The molecule has 0 aliphatic carbocycles. The molecule has 10 aromatic rings. The summed E-state index contributed by atoms with van der Waals surface area (Å²) in [5.74, 6) is 7.19. The smallest absolute Gasteiger partial charge is 0.416 e. The van der Waals surface area contributed by atoms with E-state index in [4.69, 9.17) is 42.6 Å². The van der Waals surface area contributed by atoms with Gasteiger partial charge in [0.05, 0.1) is 30.2 Å². The van der Waals surface area contributed by atoms with Crippen LogP contribution < -0.4 is 49.3 Å². The quantitative estimate of drug-likeness (QED) is 0.0584. The SMILES string of the molecule is CC(NCCN(C)Cc1cnc2c(c1)OCO2)c1nc(-n2ccnc2)ns1.O=C1OCC(CCNCc2ccc3c(c2)OCCO3)N1c1nc(-n2ccnc2)ns1.c1cn(-c2nsc(C3C(c4ncco4)CCN3CCNCc3ccc4c(c3)OCO4)n2)cn1. The van der Waals surface area contributed by atoms with Crippen molar-refractivity contribution in [2.24, 2.45) is 0 Å². The number of carbonyl (C=O) groups is 1. The number of carbonyl (C=O) groups excluding carboxylic acids is 1. The number of nitrogens with zero attached hydrogens (tertiary/aromatic N) is 17. The molecular formula is C58H64N20O9S3. The highest BCUT2D eigenvalue weighted by Gasteiger charge is 2.41. The second-order valence-corrected chi connectivity index (χ2v) is 23.6. The molecule has 0 saturated carbocycles. The zero-order valence-corrected chi connectivity index (χ0v) is 51.5. The zero-order chi connectivity index (χ0) is 61.0. The lowest BCUT2D eigenvalue weighted by molar-refractivity contribution is 0.171. The third-order valence-electron chi connectivity index (χ3n) is 15.1. The monoisotopic (exact) mass is 1280 g/mol. The van der Waals surface area contributed by atoms with Gasteiger partial charge in [0.2, 0.25) is 36.6 Å². The van der Waals surface area contributed by atoms with Gasteiger partial charge < -0.3 is 58.4 Å². The van der Waals surface area contributed by atoms with E-state index >= 15 is 0 Å². The van der Waals surface area contributed by atoms with Crippen molar-refractivity contribution >= 4 is 45.8 Å². The zero-order valence-electron chi connectivity index (χ0n) is 49.1. The van der Waals surface area contributed by atoms with Crippen molar-refractivity contribution in [2.45, 2.75) is 63.4 Å². The molecule has 4 unspecified atom stereocenters. The Morgan fingerprint density at radius 1 is 0.678 bits per heavy atom. The lowest BCUT2D eigenvalue weighted by Gasteiger charge is -2.25. The minimum Gasteiger partial charge on any atom is -0.486 e. The second kappa shape index (κ2) is 28.6. The molecule has 0 spiro atoms. The van der Waals surface area contributed by atoms with Crippen LogP contribution >= 0.6 is 34.6 Å². The molecular weight excluding hydrogens is 1220 g/mol. The van der Waals surface area contributed by atoms with E-state index in [-0.39, 0.29) is 36.9 Å². The Bertz CT molecular complexity index is 3890. The molecule has 0 bridgehead atoms. The van der Waals surface area contributed by atoms with Crippen LogP contribution in [0.5, 0.6) is 34.6 Å². The molecule has 5 aliphatic rings. The van der Waals surface area contributed by atoms with Crippen LogP contribution in [0.4, 0.5) is 9.93 Å². The predicted octanol–water partition coefficient (Wildman–Crippen LogP) is 6.39. The van der Waals surface area contributed by atoms with E-state index in [1.165, 1.54) is 40.2 Å². The van der Waals surface area contributed by atoms with Crippen LogP contribution in [0.3, 0.4) is 0 Å². The Morgan fingerprint density at radius 2 is 1.33 bits per heavy atom. The summed E-state index contributed by atoms with van der Waals surface area (Å²) < 4.78 is 62.2. The largest absolute Gasteiger partial charge is 0.486 e. The highest BCUT2D eigenvalue weighted by Crippen LogP contribution is 2.44. The molecule has 15 rings (SSSR count). The highest BCUT2D eigenvalue weighted by atomic mass is 32.1. The van der Waals surface area contributed by atoms with Gasteiger partial charge in [-0.25, -0.2) is 44.6 Å². The van der Waals surface area contributed by atoms with Crippen molar-refractivity contribution < 1.29 is 42.4 Å². The van der Waals surface area contributed by atoms with Crippen LogP contribution in [0.25, 0.3) is 17.8 Å². The summed E-state index contributed by atoms with van der Waals surface area (Å²) in [4.78, 5) is 53.2. The summed E-state index contributed by atoms with van der Waals surface area (Å²) in [6.07, 6.45) is 22.1. The summed E-state index contributed by atoms with van der Waals surface area (Å²) in [7, 11) is 2.08. The molecule has 2 fully saturated rings. The fourth-order valence-electron chi connectivity index (χ4n) is 10.6. The summed E-state index contributed by atoms with van der Waals surface area (Å²) in [6, 6.07) is 14.1. The normalized spacial score (nSPS) is 17.5. The van der Waals surface area contributed by atoms with Gasteiger partial charge in [-0.15, -0.1) is 0 Å². The molecule has 5 aliphatic heterocycles. The molecule has 468 valence electrons. The maximum Gasteiger partial charge on any atom is 0.416 e. The first-order valence-corrected chi connectivity index (χ1v) is 31.5. The van der Waals surface area contributed by atoms with E-state index in [9.17, 15) is 4.79 Å². The number of amides is 1. The van der Waals surface area contributed by atoms with Gasteiger partial charge in [-0.3, -0.25) is 18.6 Å². The molecule has 90 heavy (non-hydrogen) atoms. The minimum atomic E-state index is -0.389. The number of likely N-dealkylation sites (tertiary alicyclic amines) is 1. The topological polar surface area (TPSA) is 297 Å². The van der Waals surface area contributed by atoms with Crippen LogP contribution in [0, 0.1) is 0 Å². The molecule has 3 N–H and O–H groups in total. The number of aromatic nitrogens is 14. The van der Waals surface area contributed by atoms with E-state index in [2.05, 4.69) is 93.8 Å². The Morgan fingerprint density at radius 3 is 2.08 bits per heavy atom. The summed E-state index contributed by atoms with van der Waals surface area (Å²) in [6.45, 7) is 11.5. The first-order valence-electron chi connectivity index (χ1n) is 29.2. The van der Waals surface area contributed by atoms with Gasteiger partial charge in [0, 0.05) is 101 Å². The minimum absolute atomic E-state index is 0.0748. The second-order valence-electron chi connectivity index (χ2n) is 21.3. The van der Waals surface area contributed by atoms with Crippen LogP contribution in [0.15, 0.2) is 122 Å². The number of benzene rings is 2. The molecule has 0 radical (unpaired) electrons. The number of pyridine rings is 1. The van der Waals surface area contributed by atoms with Crippen molar-refractivity contribution in [3.8, 4) is 52.5 Å². The Hall–Kier alpha value is -9.02. The average Bonchev–Trinajstić information content (AvgIpc) is 3.25. The number of hydrogen-bond acceptors (Lipinski definition) is 28. The van der Waals surface area contributed by atoms with Gasteiger partial charge in [-0.2, -0.15) is 18.1 Å². The lowest BCUT2D eigenvalue weighted by Crippen LogP contribution is -2.35. The van der Waals surface area contributed by atoms with Crippen molar-refractivity contribution in [3.63, 3.8) is 0 Å². The van der Waals surface area contributed by atoms with Crippen molar-refractivity contribution in [1.82, 2.24) is 92.4 Å². The number of likely N-dealkylation sites (N-methyl/N-ethyl adjacent to an activating group) is 1. The fourth-order valence-corrected chi connectivity index (χ4v) is 12.9. The summed E-state index contributed by atoms with van der Waals surface area (Å²) in [5.41, 5.74) is 3.39. The number of rotatable bonds is 23. The van der Waals surface area contributed by atoms with Gasteiger partial charge in [0.15, 0.2) is 34.6 Å². The summed E-state index contributed by atoms with van der Waals surface area (Å²) in [5, 5.41) is 12.9. The maximum absolute atomic E-state index is 12.2. The Balaban J connectivity index is 0.000000125. The third kappa shape index (κ3) is 14.5. The number of fused-ring (bicyclic) bond motifs is 3. The summed E-state index contributed by atoms with van der Waals surface area (Å²) >= 11 is 4.01. The molecule has 2 saturated heterocycles.